The molecule has 4 heteroatoms. The predicted molar refractivity (Wildman–Crippen MR) is 252 cm³/mol. The molecule has 4 nitrogen and oxygen atoms in total. The second-order valence-electron chi connectivity index (χ2n) is 15.5. The first kappa shape index (κ1) is 34.8. The van der Waals surface area contributed by atoms with Crippen molar-refractivity contribution in [2.75, 3.05) is 0 Å². The van der Waals surface area contributed by atoms with Crippen molar-refractivity contribution in [2.45, 2.75) is 0 Å². The van der Waals surface area contributed by atoms with Crippen LogP contribution in [0.2, 0.25) is 0 Å². The van der Waals surface area contributed by atoms with E-state index in [4.69, 9.17) is 19.4 Å². The average molecular weight is 778 g/mol. The molecule has 0 aliphatic rings. The van der Waals surface area contributed by atoms with Crippen LogP contribution in [0, 0.1) is 0 Å². The number of hydrogen-bond acceptors (Lipinski definition) is 4. The maximum Gasteiger partial charge on any atom is 0.164 e. The molecule has 12 aromatic rings. The van der Waals surface area contributed by atoms with Crippen molar-refractivity contribution in [2.24, 2.45) is 0 Å². The highest BCUT2D eigenvalue weighted by Crippen LogP contribution is 2.41. The van der Waals surface area contributed by atoms with E-state index in [1.807, 2.05) is 24.3 Å². The Labute approximate surface area is 352 Å². The number of fused-ring (bicyclic) bond motifs is 7. The zero-order chi connectivity index (χ0) is 40.3. The van der Waals surface area contributed by atoms with Gasteiger partial charge < -0.3 is 4.42 Å². The minimum Gasteiger partial charge on any atom is -0.456 e. The second-order valence-corrected chi connectivity index (χ2v) is 15.5. The molecule has 0 saturated heterocycles. The van der Waals surface area contributed by atoms with Gasteiger partial charge in [-0.05, 0) is 90.0 Å². The van der Waals surface area contributed by atoms with Gasteiger partial charge in [0.2, 0.25) is 0 Å². The molecule has 0 saturated carbocycles. The molecule has 10 aromatic carbocycles. The molecule has 0 bridgehead atoms. The molecule has 0 aliphatic heterocycles. The minimum absolute atomic E-state index is 0.613. The molecule has 12 rings (SSSR count). The van der Waals surface area contributed by atoms with Gasteiger partial charge >= 0.3 is 0 Å². The monoisotopic (exact) mass is 777 g/mol. The largest absolute Gasteiger partial charge is 0.456 e. The first-order valence-electron chi connectivity index (χ1n) is 20.6. The van der Waals surface area contributed by atoms with Crippen LogP contribution in [0.25, 0.3) is 122 Å². The van der Waals surface area contributed by atoms with Crippen LogP contribution in [0.3, 0.4) is 0 Å². The summed E-state index contributed by atoms with van der Waals surface area (Å²) in [7, 11) is 0. The third kappa shape index (κ3) is 6.04. The van der Waals surface area contributed by atoms with E-state index in [0.717, 1.165) is 66.4 Å². The molecule has 0 amide bonds. The third-order valence-corrected chi connectivity index (χ3v) is 11.9. The van der Waals surface area contributed by atoms with Crippen molar-refractivity contribution >= 4 is 54.3 Å². The van der Waals surface area contributed by atoms with E-state index < -0.39 is 0 Å². The van der Waals surface area contributed by atoms with Crippen LogP contribution in [0.5, 0.6) is 0 Å². The fourth-order valence-electron chi connectivity index (χ4n) is 8.94. The Kier molecular flexibility index (Phi) is 8.13. The highest BCUT2D eigenvalue weighted by molar-refractivity contribution is 6.20. The first-order valence-corrected chi connectivity index (χ1v) is 20.6. The fraction of sp³-hybridized carbons (Fsp3) is 0. The fourth-order valence-corrected chi connectivity index (χ4v) is 8.94. The molecular weight excluding hydrogens is 743 g/mol. The van der Waals surface area contributed by atoms with Crippen LogP contribution in [0.4, 0.5) is 0 Å². The van der Waals surface area contributed by atoms with Gasteiger partial charge in [-0.2, -0.15) is 0 Å². The van der Waals surface area contributed by atoms with E-state index in [1.165, 1.54) is 37.9 Å². The number of nitrogens with zero attached hydrogens (tertiary/aromatic N) is 3. The summed E-state index contributed by atoms with van der Waals surface area (Å²) >= 11 is 0. The third-order valence-electron chi connectivity index (χ3n) is 11.9. The molecule has 284 valence electrons. The molecule has 0 aliphatic carbocycles. The minimum atomic E-state index is 0.613. The molecule has 0 fully saturated rings. The molecule has 0 unspecified atom stereocenters. The highest BCUT2D eigenvalue weighted by atomic mass is 16.3. The van der Waals surface area contributed by atoms with Gasteiger partial charge in [0.05, 0.1) is 0 Å². The Morgan fingerprint density at radius 2 is 0.820 bits per heavy atom. The van der Waals surface area contributed by atoms with Gasteiger partial charge in [-0.3, -0.25) is 0 Å². The Bertz CT molecular complexity index is 3630. The molecule has 0 radical (unpaired) electrons. The van der Waals surface area contributed by atoms with E-state index in [9.17, 15) is 0 Å². The maximum absolute atomic E-state index is 6.11. The van der Waals surface area contributed by atoms with Gasteiger partial charge in [0, 0.05) is 27.5 Å². The Morgan fingerprint density at radius 1 is 0.262 bits per heavy atom. The Balaban J connectivity index is 0.983. The summed E-state index contributed by atoms with van der Waals surface area (Å²) < 4.78 is 6.11. The summed E-state index contributed by atoms with van der Waals surface area (Å²) in [6.07, 6.45) is 0. The molecule has 2 aromatic heterocycles. The molecular formula is C57H35N3O. The van der Waals surface area contributed by atoms with Crippen LogP contribution < -0.4 is 0 Å². The van der Waals surface area contributed by atoms with Crippen molar-refractivity contribution in [3.63, 3.8) is 0 Å². The van der Waals surface area contributed by atoms with Gasteiger partial charge in [-0.1, -0.05) is 188 Å². The van der Waals surface area contributed by atoms with Crippen molar-refractivity contribution in [3.05, 3.63) is 212 Å². The van der Waals surface area contributed by atoms with Crippen LogP contribution >= 0.6 is 0 Å². The van der Waals surface area contributed by atoms with E-state index in [-0.39, 0.29) is 0 Å². The lowest BCUT2D eigenvalue weighted by molar-refractivity contribution is 0.669. The van der Waals surface area contributed by atoms with Crippen molar-refractivity contribution in [1.82, 2.24) is 15.0 Å². The number of benzene rings is 10. The van der Waals surface area contributed by atoms with E-state index >= 15 is 0 Å². The Morgan fingerprint density at radius 3 is 1.59 bits per heavy atom. The SMILES string of the molecule is c1ccc(-c2ccccc2-c2nc(-c3ccc(-c4ccc5oc6ccccc6c5c4)cc3)nc(-c3ccc(-c4c5ccccc5cc5c4ccc4ccccc45)cc3)n2)cc1. The lowest BCUT2D eigenvalue weighted by Crippen LogP contribution is -2.01. The summed E-state index contributed by atoms with van der Waals surface area (Å²) in [5.41, 5.74) is 11.3. The lowest BCUT2D eigenvalue weighted by atomic mass is 9.89. The van der Waals surface area contributed by atoms with Crippen molar-refractivity contribution in [3.8, 4) is 67.5 Å². The number of rotatable bonds is 6. The zero-order valence-corrected chi connectivity index (χ0v) is 33.0. The van der Waals surface area contributed by atoms with Crippen LogP contribution in [0.15, 0.2) is 217 Å². The van der Waals surface area contributed by atoms with Crippen LogP contribution in [-0.2, 0) is 0 Å². The van der Waals surface area contributed by atoms with Crippen molar-refractivity contribution in [1.29, 1.82) is 0 Å². The van der Waals surface area contributed by atoms with Gasteiger partial charge in [-0.25, -0.2) is 15.0 Å². The summed E-state index contributed by atoms with van der Waals surface area (Å²) in [5, 5.41) is 9.64. The van der Waals surface area contributed by atoms with E-state index in [0.29, 0.717) is 17.5 Å². The molecule has 0 spiro atoms. The number of furan rings is 1. The molecule has 0 N–H and O–H groups in total. The van der Waals surface area contributed by atoms with Gasteiger partial charge in [0.1, 0.15) is 11.2 Å². The van der Waals surface area contributed by atoms with Gasteiger partial charge in [-0.15, -0.1) is 0 Å². The van der Waals surface area contributed by atoms with Crippen molar-refractivity contribution < 1.29 is 4.42 Å². The summed E-state index contributed by atoms with van der Waals surface area (Å²) in [6.45, 7) is 0. The first-order chi connectivity index (χ1) is 30.2. The summed E-state index contributed by atoms with van der Waals surface area (Å²) in [5.74, 6) is 1.85. The quantitative estimate of drug-likeness (QED) is 0.125. The average Bonchev–Trinajstić information content (AvgIpc) is 3.71. The predicted octanol–water partition coefficient (Wildman–Crippen LogP) is 15.2. The molecule has 0 atom stereocenters. The van der Waals surface area contributed by atoms with E-state index in [1.54, 1.807) is 0 Å². The second kappa shape index (κ2) is 14.3. The Hall–Kier alpha value is -8.21. The van der Waals surface area contributed by atoms with E-state index in [2.05, 4.69) is 188 Å². The van der Waals surface area contributed by atoms with Crippen LogP contribution in [-0.4, -0.2) is 15.0 Å². The summed E-state index contributed by atoms with van der Waals surface area (Å²) in [6, 6.07) is 74.7. The molecule has 2 heterocycles. The smallest absolute Gasteiger partial charge is 0.164 e. The number of hydrogen-bond donors (Lipinski definition) is 0. The topological polar surface area (TPSA) is 51.8 Å². The summed E-state index contributed by atoms with van der Waals surface area (Å²) in [4.78, 5) is 15.6. The maximum atomic E-state index is 6.11. The number of aromatic nitrogens is 3. The zero-order valence-electron chi connectivity index (χ0n) is 33.0. The van der Waals surface area contributed by atoms with Gasteiger partial charge in [0.15, 0.2) is 17.5 Å². The lowest BCUT2D eigenvalue weighted by Gasteiger charge is -2.15. The van der Waals surface area contributed by atoms with Gasteiger partial charge in [0.25, 0.3) is 0 Å². The number of para-hydroxylation sites is 1. The standard InChI is InChI=1S/C57H35N3O/c1-2-12-37(13-3-1)44-16-8-9-20-49(44)57-59-55(40-26-22-36(23-27-40)42-31-33-53-51(34-42)47-19-10-11-21-52(47)61-53)58-56(60-57)41-28-24-39(25-29-41)54-46-18-7-5-15-43(46)35-50-45-17-6-4-14-38(45)30-32-48(50)54/h1-35H. The normalized spacial score (nSPS) is 11.6. The van der Waals surface area contributed by atoms with Crippen LogP contribution in [0.1, 0.15) is 0 Å². The highest BCUT2D eigenvalue weighted by Gasteiger charge is 2.18. The molecule has 61 heavy (non-hydrogen) atoms.